The highest BCUT2D eigenvalue weighted by Crippen LogP contribution is 2.28. The van der Waals surface area contributed by atoms with Crippen LogP contribution < -0.4 is 4.90 Å². The van der Waals surface area contributed by atoms with E-state index in [4.69, 9.17) is 28.2 Å². The van der Waals surface area contributed by atoms with E-state index >= 15 is 0 Å². The Kier molecular flexibility index (Phi) is 8.92. The van der Waals surface area contributed by atoms with Crippen LogP contribution in [0.1, 0.15) is 22.3 Å². The van der Waals surface area contributed by atoms with Crippen molar-refractivity contribution in [3.63, 3.8) is 0 Å². The summed E-state index contributed by atoms with van der Waals surface area (Å²) < 4.78 is 0. The molecule has 0 spiro atoms. The molecule has 1 aliphatic heterocycles. The Morgan fingerprint density at radius 1 is 0.750 bits per heavy atom. The first-order chi connectivity index (χ1) is 19.5. The third-order valence-corrected chi connectivity index (χ3v) is 7.26. The molecule has 0 saturated heterocycles. The maximum Gasteiger partial charge on any atom is 0.266 e. The van der Waals surface area contributed by atoms with Gasteiger partial charge in [-0.3, -0.25) is 14.7 Å². The van der Waals surface area contributed by atoms with Gasteiger partial charge in [0.1, 0.15) is 0 Å². The molecule has 0 aliphatic carbocycles. The van der Waals surface area contributed by atoms with Crippen LogP contribution in [0, 0.1) is 0 Å². The average Bonchev–Trinajstić information content (AvgIpc) is 3.09. The number of hydrogen-bond acceptors (Lipinski definition) is 3. The number of benzodiazepines with no additional fused rings is 1. The number of benzene rings is 4. The molecule has 1 atom stereocenters. The van der Waals surface area contributed by atoms with Crippen molar-refractivity contribution < 1.29 is 4.79 Å². The maximum atomic E-state index is 14.0. The Morgan fingerprint density at radius 3 is 1.85 bits per heavy atom. The van der Waals surface area contributed by atoms with Gasteiger partial charge in [-0.25, -0.2) is 0 Å². The summed E-state index contributed by atoms with van der Waals surface area (Å²) >= 11 is 12.1. The molecular formula is C34H29Cl2N3O. The molecular weight excluding hydrogens is 537 g/mol. The number of carbonyl (C=O) groups excluding carboxylic acids is 1. The van der Waals surface area contributed by atoms with E-state index in [1.165, 1.54) is 0 Å². The number of nitrogens with zero attached hydrogens (tertiary/aromatic N) is 3. The smallest absolute Gasteiger partial charge is 0.266 e. The summed E-state index contributed by atoms with van der Waals surface area (Å²) in [5.74, 6) is -0.0850. The number of anilines is 1. The first-order valence-electron chi connectivity index (χ1n) is 13.1. The summed E-state index contributed by atoms with van der Waals surface area (Å²) in [5.41, 5.74) is 5.60. The first-order valence-corrected chi connectivity index (χ1v) is 13.8. The first kappa shape index (κ1) is 27.6. The molecule has 4 aromatic carbocycles. The van der Waals surface area contributed by atoms with Crippen molar-refractivity contribution in [3.8, 4) is 0 Å². The topological polar surface area (TPSA) is 35.9 Å². The Hall–Kier alpha value is -3.96. The van der Waals surface area contributed by atoms with Crippen molar-refractivity contribution >= 4 is 52.7 Å². The molecule has 4 nitrogen and oxygen atoms in total. The Morgan fingerprint density at radius 2 is 1.27 bits per heavy atom. The fourth-order valence-electron chi connectivity index (χ4n) is 4.64. The largest absolute Gasteiger partial charge is 0.312 e. The predicted molar refractivity (Wildman–Crippen MR) is 168 cm³/mol. The summed E-state index contributed by atoms with van der Waals surface area (Å²) in [7, 11) is 1.82. The zero-order chi connectivity index (χ0) is 27.9. The van der Waals surface area contributed by atoms with Crippen LogP contribution in [0.5, 0.6) is 0 Å². The van der Waals surface area contributed by atoms with E-state index in [2.05, 4.69) is 17.1 Å². The molecule has 6 heteroatoms. The lowest BCUT2D eigenvalue weighted by Crippen LogP contribution is -2.46. The van der Waals surface area contributed by atoms with Gasteiger partial charge < -0.3 is 4.90 Å². The number of hydrogen-bond donors (Lipinski definition) is 0. The van der Waals surface area contributed by atoms with Crippen LogP contribution in [0.2, 0.25) is 10.0 Å². The lowest BCUT2D eigenvalue weighted by atomic mass is 10.0. The summed E-state index contributed by atoms with van der Waals surface area (Å²) in [5, 5.41) is 1.39. The van der Waals surface area contributed by atoms with E-state index in [9.17, 15) is 4.79 Å². The highest BCUT2D eigenvalue weighted by Gasteiger charge is 2.33. The maximum absolute atomic E-state index is 14.0. The van der Waals surface area contributed by atoms with Crippen molar-refractivity contribution in [1.29, 1.82) is 0 Å². The monoisotopic (exact) mass is 565 g/mol. The van der Waals surface area contributed by atoms with Gasteiger partial charge in [-0.15, -0.1) is 0 Å². The number of fused-ring (bicyclic) bond motifs is 1. The number of aliphatic imine (C=N–C) groups is 1. The lowest BCUT2D eigenvalue weighted by Gasteiger charge is -2.28. The fourth-order valence-corrected chi connectivity index (χ4v) is 4.89. The van der Waals surface area contributed by atoms with E-state index in [0.717, 1.165) is 33.7 Å². The number of amides is 1. The standard InChI is InChI=1S/C34H29Cl2N3O/c1-38-31-14-6-5-13-30(31)32(27-11-3-2-4-12-27)37-33(34(38)40)39(23-7-9-25-15-19-28(35)20-16-25)24-8-10-26-17-21-29(36)22-18-26/h2-22,33H,23-24H2,1H3/t33-/m0/s1. The minimum absolute atomic E-state index is 0.0850. The minimum atomic E-state index is -0.725. The molecule has 0 fully saturated rings. The molecule has 0 bridgehead atoms. The van der Waals surface area contributed by atoms with Gasteiger partial charge in [0.2, 0.25) is 0 Å². The highest BCUT2D eigenvalue weighted by atomic mass is 35.5. The predicted octanol–water partition coefficient (Wildman–Crippen LogP) is 7.86. The van der Waals surface area contributed by atoms with Crippen LogP contribution in [-0.4, -0.2) is 42.8 Å². The van der Waals surface area contributed by atoms with Gasteiger partial charge >= 0.3 is 0 Å². The summed E-state index contributed by atoms with van der Waals surface area (Å²) in [6.45, 7) is 1.03. The number of rotatable bonds is 8. The molecule has 200 valence electrons. The second kappa shape index (κ2) is 12.9. The zero-order valence-electron chi connectivity index (χ0n) is 22.1. The van der Waals surface area contributed by atoms with Gasteiger partial charge in [-0.2, -0.15) is 0 Å². The molecule has 0 saturated carbocycles. The number of para-hydroxylation sites is 1. The van der Waals surface area contributed by atoms with Gasteiger partial charge in [0.15, 0.2) is 6.17 Å². The van der Waals surface area contributed by atoms with Gasteiger partial charge in [0, 0.05) is 41.3 Å². The Balaban J connectivity index is 1.52. The molecule has 0 N–H and O–H groups in total. The summed E-state index contributed by atoms with van der Waals surface area (Å²) in [6.07, 6.45) is 7.46. The fraction of sp³-hybridized carbons (Fsp3) is 0.118. The van der Waals surface area contributed by atoms with E-state index in [1.54, 1.807) is 4.90 Å². The quantitative estimate of drug-likeness (QED) is 0.218. The van der Waals surface area contributed by atoms with Crippen molar-refractivity contribution in [2.24, 2.45) is 4.99 Å². The molecule has 40 heavy (non-hydrogen) atoms. The second-order valence-electron chi connectivity index (χ2n) is 9.49. The van der Waals surface area contributed by atoms with Gasteiger partial charge in [-0.05, 0) is 41.5 Å². The molecule has 4 aromatic rings. The van der Waals surface area contributed by atoms with Crippen molar-refractivity contribution in [2.75, 3.05) is 25.0 Å². The van der Waals surface area contributed by atoms with Crippen LogP contribution in [0.15, 0.2) is 120 Å². The molecule has 1 aliphatic rings. The Labute approximate surface area is 245 Å². The minimum Gasteiger partial charge on any atom is -0.312 e. The molecule has 0 aromatic heterocycles. The molecule has 0 radical (unpaired) electrons. The van der Waals surface area contributed by atoms with Crippen molar-refractivity contribution in [1.82, 2.24) is 4.90 Å². The van der Waals surface area contributed by atoms with E-state index < -0.39 is 6.17 Å². The summed E-state index contributed by atoms with van der Waals surface area (Å²) in [6, 6.07) is 33.3. The highest BCUT2D eigenvalue weighted by molar-refractivity contribution is 6.30. The van der Waals surface area contributed by atoms with Crippen LogP contribution in [0.25, 0.3) is 12.2 Å². The SMILES string of the molecule is CN1C(=O)[C@H](N(CC=Cc2ccc(Cl)cc2)CC=Cc2ccc(Cl)cc2)N=C(c2ccccc2)c2ccccc21. The molecule has 1 heterocycles. The number of likely N-dealkylation sites (N-methyl/N-ethyl adjacent to an activating group) is 1. The molecule has 1 amide bonds. The van der Waals surface area contributed by atoms with Crippen LogP contribution in [0.3, 0.4) is 0 Å². The third-order valence-electron chi connectivity index (χ3n) is 6.76. The van der Waals surface area contributed by atoms with E-state index in [0.29, 0.717) is 23.1 Å². The van der Waals surface area contributed by atoms with Gasteiger partial charge in [0.25, 0.3) is 5.91 Å². The number of carbonyl (C=O) groups is 1. The summed E-state index contributed by atoms with van der Waals surface area (Å²) in [4.78, 5) is 22.9. The van der Waals surface area contributed by atoms with E-state index in [1.807, 2.05) is 122 Å². The van der Waals surface area contributed by atoms with Crippen LogP contribution in [-0.2, 0) is 4.79 Å². The average molecular weight is 567 g/mol. The molecule has 0 unspecified atom stereocenters. The Bertz CT molecular complexity index is 1490. The lowest BCUT2D eigenvalue weighted by molar-refractivity contribution is -0.122. The van der Waals surface area contributed by atoms with E-state index in [-0.39, 0.29) is 5.91 Å². The zero-order valence-corrected chi connectivity index (χ0v) is 23.6. The third kappa shape index (κ3) is 6.60. The van der Waals surface area contributed by atoms with Crippen molar-refractivity contribution in [2.45, 2.75) is 6.17 Å². The second-order valence-corrected chi connectivity index (χ2v) is 10.4. The van der Waals surface area contributed by atoms with Gasteiger partial charge in [0.05, 0.1) is 11.4 Å². The normalized spacial score (nSPS) is 15.5. The number of halogens is 2. The van der Waals surface area contributed by atoms with Crippen LogP contribution >= 0.6 is 23.2 Å². The van der Waals surface area contributed by atoms with Crippen LogP contribution in [0.4, 0.5) is 5.69 Å². The van der Waals surface area contributed by atoms with Crippen molar-refractivity contribution in [3.05, 3.63) is 148 Å². The van der Waals surface area contributed by atoms with Gasteiger partial charge in [-0.1, -0.05) is 120 Å². The molecule has 5 rings (SSSR count).